The standard InChI is InChI=1S/C74H119F3N12O13/c1-15-47(6)62-70(99)83(9)44-61(92)85(11)54-26-19-18-22-37-88(69(54)98)57(39-48-29-27-45(4)28-30-48)68(97)82(8)43-59(90)78-52(34-32-49-31-33-51(74(75,76)77)58(40-49)102-14)66(95)89-42-46(5)38-55(89)65(94)80-73(35-23-36-73)72(101)87(13)63(50-24-20-21-25-50)71(100)86(12)56(67(96)81(7)17-3)41-60(91)84(10)53(16-2)64(93)79-62/h18-19,45-58,62-63H,15-17,20-44H2,1-14H3,(H,78,90)(H,79,93)(H,80,94)/b19-18-/t45?,46-,47+,48?,49?,51?,52+,53+,54+,55+,56+,57+,58?,62+,63+/m1/s1. The van der Waals surface area contributed by atoms with E-state index in [4.69, 9.17) is 4.74 Å². The third-order valence-corrected chi connectivity index (χ3v) is 24.0. The highest BCUT2D eigenvalue weighted by atomic mass is 19.4. The molecule has 3 N–H and O–H groups in total. The minimum Gasteiger partial charge on any atom is -0.381 e. The van der Waals surface area contributed by atoms with E-state index in [1.54, 1.807) is 26.8 Å². The number of hydrogen-bond acceptors (Lipinski definition) is 13. The number of amides is 12. The van der Waals surface area contributed by atoms with Crippen molar-refractivity contribution in [3.8, 4) is 0 Å². The van der Waals surface area contributed by atoms with Crippen molar-refractivity contribution in [3.63, 3.8) is 0 Å². The highest BCUT2D eigenvalue weighted by Gasteiger charge is 2.54. The fourth-order valence-electron chi connectivity index (χ4n) is 16.8. The van der Waals surface area contributed by atoms with E-state index in [1.807, 2.05) is 19.9 Å². The average Bonchev–Trinajstić information content (AvgIpc) is 1.08. The van der Waals surface area contributed by atoms with Crippen LogP contribution in [0.5, 0.6) is 0 Å². The topological polar surface area (TPSA) is 279 Å². The summed E-state index contributed by atoms with van der Waals surface area (Å²) < 4.78 is 48.2. The Labute approximate surface area is 602 Å². The fraction of sp³-hybridized carbons (Fsp3) is 0.811. The molecule has 13 atom stereocenters. The maximum Gasteiger partial charge on any atom is 0.394 e. The molecule has 25 nitrogen and oxygen atoms in total. The highest BCUT2D eigenvalue weighted by Crippen LogP contribution is 2.43. The summed E-state index contributed by atoms with van der Waals surface area (Å²) in [7, 11) is 11.4. The van der Waals surface area contributed by atoms with Crippen LogP contribution in [0.4, 0.5) is 13.2 Å². The minimum absolute atomic E-state index is 0.00920. The molecule has 574 valence electrons. The molecule has 3 unspecified atom stereocenters. The molecular formula is C74H119F3N12O13. The number of ether oxygens (including phenoxy) is 1. The van der Waals surface area contributed by atoms with E-state index in [1.165, 1.54) is 101 Å². The van der Waals surface area contributed by atoms with Gasteiger partial charge >= 0.3 is 6.18 Å². The molecule has 28 heteroatoms. The number of hydrogen-bond donors (Lipinski definition) is 3. The van der Waals surface area contributed by atoms with Crippen LogP contribution in [0.25, 0.3) is 0 Å². The van der Waals surface area contributed by atoms with E-state index < -0.39 is 174 Å². The van der Waals surface area contributed by atoms with Gasteiger partial charge in [-0.05, 0) is 139 Å². The number of carbonyl (C=O) groups excluding carboxylic acids is 12. The van der Waals surface area contributed by atoms with Crippen LogP contribution >= 0.6 is 0 Å². The number of halogens is 3. The zero-order valence-electron chi connectivity index (χ0n) is 63.2. The van der Waals surface area contributed by atoms with Gasteiger partial charge in [0.15, 0.2) is 0 Å². The Bertz CT molecular complexity index is 3030. The van der Waals surface area contributed by atoms with E-state index in [2.05, 4.69) is 22.9 Å². The molecule has 0 aromatic heterocycles. The van der Waals surface area contributed by atoms with Gasteiger partial charge in [-0.3, -0.25) is 57.5 Å². The maximum atomic E-state index is 15.5. The van der Waals surface area contributed by atoms with E-state index in [0.717, 1.165) is 38.5 Å². The van der Waals surface area contributed by atoms with Crippen molar-refractivity contribution in [3.05, 3.63) is 12.2 Å². The largest absolute Gasteiger partial charge is 0.394 e. The van der Waals surface area contributed by atoms with Gasteiger partial charge in [-0.25, -0.2) is 0 Å². The molecule has 0 aromatic rings. The molecule has 2 bridgehead atoms. The van der Waals surface area contributed by atoms with Crippen LogP contribution in [-0.2, 0) is 62.3 Å². The number of carbonyl (C=O) groups is 12. The van der Waals surface area contributed by atoms with Crippen molar-refractivity contribution in [2.45, 2.75) is 255 Å². The van der Waals surface area contributed by atoms with E-state index in [0.29, 0.717) is 38.0 Å². The number of nitrogens with zero attached hydrogens (tertiary/aromatic N) is 9. The molecular weight excluding hydrogens is 1320 g/mol. The third-order valence-electron chi connectivity index (χ3n) is 24.0. The first-order valence-corrected chi connectivity index (χ1v) is 37.7. The summed E-state index contributed by atoms with van der Waals surface area (Å²) in [5.74, 6) is -10.3. The van der Waals surface area contributed by atoms with Crippen LogP contribution in [0.15, 0.2) is 12.2 Å². The zero-order valence-corrected chi connectivity index (χ0v) is 63.2. The molecule has 102 heavy (non-hydrogen) atoms. The number of rotatable bonds is 12. The summed E-state index contributed by atoms with van der Waals surface area (Å²) in [5, 5.41) is 8.81. The molecule has 7 rings (SSSR count). The molecule has 4 aliphatic carbocycles. The number of alkyl halides is 3. The maximum absolute atomic E-state index is 15.5. The Kier molecular flexibility index (Phi) is 29.3. The van der Waals surface area contributed by atoms with Crippen LogP contribution in [0.2, 0.25) is 0 Å². The van der Waals surface area contributed by atoms with Crippen LogP contribution in [0.3, 0.4) is 0 Å². The first-order valence-electron chi connectivity index (χ1n) is 37.7. The number of methoxy groups -OCH3 is 1. The van der Waals surface area contributed by atoms with Gasteiger partial charge in [-0.2, -0.15) is 13.2 Å². The first-order chi connectivity index (χ1) is 48.1. The van der Waals surface area contributed by atoms with Gasteiger partial charge in [0, 0.05) is 76.1 Å². The molecule has 12 amide bonds. The summed E-state index contributed by atoms with van der Waals surface area (Å²) >= 11 is 0. The summed E-state index contributed by atoms with van der Waals surface area (Å²) in [4.78, 5) is 192. The van der Waals surface area contributed by atoms with Crippen LogP contribution < -0.4 is 16.0 Å². The normalized spacial score (nSPS) is 32.2. The van der Waals surface area contributed by atoms with Crippen molar-refractivity contribution in [1.29, 1.82) is 0 Å². The van der Waals surface area contributed by atoms with E-state index in [-0.39, 0.29) is 108 Å². The molecule has 2 saturated heterocycles. The molecule has 7 aliphatic rings. The van der Waals surface area contributed by atoms with Gasteiger partial charge < -0.3 is 64.8 Å². The molecule has 0 aromatic carbocycles. The second kappa shape index (κ2) is 36.2. The van der Waals surface area contributed by atoms with E-state index >= 15 is 28.8 Å². The lowest BCUT2D eigenvalue weighted by Gasteiger charge is -2.46. The highest BCUT2D eigenvalue weighted by molar-refractivity contribution is 6.01. The summed E-state index contributed by atoms with van der Waals surface area (Å²) in [6.45, 7) is 10.3. The van der Waals surface area contributed by atoms with Gasteiger partial charge in [0.05, 0.1) is 31.5 Å². The molecule has 3 aliphatic heterocycles. The Morgan fingerprint density at radius 1 is 0.667 bits per heavy atom. The van der Waals surface area contributed by atoms with Gasteiger partial charge in [0.1, 0.15) is 53.9 Å². The third kappa shape index (κ3) is 19.5. The molecule has 6 fully saturated rings. The van der Waals surface area contributed by atoms with Gasteiger partial charge in [0.2, 0.25) is 70.9 Å². The number of fused-ring (bicyclic) bond motifs is 3. The van der Waals surface area contributed by atoms with Crippen molar-refractivity contribution in [2.75, 3.05) is 89.2 Å². The fourth-order valence-corrected chi connectivity index (χ4v) is 16.8. The Hall–Kier alpha value is -6.87. The van der Waals surface area contributed by atoms with Crippen LogP contribution in [0, 0.1) is 41.4 Å². The minimum atomic E-state index is -4.50. The summed E-state index contributed by atoms with van der Waals surface area (Å²) in [6, 6.07) is -9.77. The molecule has 4 saturated carbocycles. The lowest BCUT2D eigenvalue weighted by molar-refractivity contribution is -0.215. The lowest BCUT2D eigenvalue weighted by Crippen LogP contribution is -2.68. The van der Waals surface area contributed by atoms with Crippen LogP contribution in [-0.4, -0.2) is 270 Å². The predicted octanol–water partition coefficient (Wildman–Crippen LogP) is 5.52. The average molecular weight is 1440 g/mol. The Morgan fingerprint density at radius 2 is 1.31 bits per heavy atom. The number of nitrogens with one attached hydrogen (secondary N) is 3. The van der Waals surface area contributed by atoms with Crippen molar-refractivity contribution < 1.29 is 75.4 Å². The Morgan fingerprint density at radius 3 is 1.91 bits per heavy atom. The second-order valence-corrected chi connectivity index (χ2v) is 31.1. The lowest BCUT2D eigenvalue weighted by atomic mass is 9.74. The van der Waals surface area contributed by atoms with Crippen molar-refractivity contribution in [1.82, 2.24) is 60.0 Å². The van der Waals surface area contributed by atoms with E-state index in [9.17, 15) is 41.9 Å². The quantitative estimate of drug-likeness (QED) is 0.203. The molecule has 0 radical (unpaired) electrons. The van der Waals surface area contributed by atoms with Crippen molar-refractivity contribution in [2.24, 2.45) is 41.4 Å². The first kappa shape index (κ1) is 82.4. The summed E-state index contributed by atoms with van der Waals surface area (Å²) in [5.41, 5.74) is -1.54. The molecule has 3 heterocycles. The van der Waals surface area contributed by atoms with Crippen molar-refractivity contribution >= 4 is 70.9 Å². The van der Waals surface area contributed by atoms with Gasteiger partial charge in [-0.15, -0.1) is 0 Å². The monoisotopic (exact) mass is 1440 g/mol. The Balaban J connectivity index is 1.29. The SMILES string of the molecule is CC[C@H](C)[C@@H]1NC(=O)[C@H](CC)N(C)C(=O)C[C@@H](C(=O)N(C)CC)N(C)C(=O)[C@H](C2CCCC2)N(C)C(=O)C2(CCC2)NC(=O)[C@@H]2C[C@@H](C)CN2C(=O)[C@H](CCC2CCC(C(F)(F)F)C(OC)C2)NC(=O)CN(C)C(=O)[C@H](CC2CCC(C)CC2)N2CC/C=C\C[C@@H](C2=O)N(C)C(=O)CN(C)C1=O. The second-order valence-electron chi connectivity index (χ2n) is 31.1. The smallest absolute Gasteiger partial charge is 0.381 e. The zero-order chi connectivity index (χ0) is 75.4. The van der Waals surface area contributed by atoms with Gasteiger partial charge in [0.25, 0.3) is 0 Å². The van der Waals surface area contributed by atoms with Gasteiger partial charge in [-0.1, -0.05) is 91.7 Å². The predicted molar refractivity (Wildman–Crippen MR) is 376 cm³/mol. The molecule has 1 spiro atoms. The summed E-state index contributed by atoms with van der Waals surface area (Å²) in [6.07, 6.45) is 5.66. The van der Waals surface area contributed by atoms with Crippen LogP contribution in [0.1, 0.15) is 189 Å². The number of likely N-dealkylation sites (N-methyl/N-ethyl adjacent to an activating group) is 7.